The van der Waals surface area contributed by atoms with Gasteiger partial charge in [-0.25, -0.2) is 4.39 Å². The second-order valence-corrected chi connectivity index (χ2v) is 5.06. The van der Waals surface area contributed by atoms with E-state index in [1.54, 1.807) is 12.1 Å². The molecule has 1 unspecified atom stereocenters. The van der Waals surface area contributed by atoms with Crippen LogP contribution in [0.2, 0.25) is 0 Å². The number of rotatable bonds is 3. The van der Waals surface area contributed by atoms with Gasteiger partial charge in [-0.1, -0.05) is 18.2 Å². The molecular formula is C17H15FN2O. The van der Waals surface area contributed by atoms with Crippen LogP contribution in [0.15, 0.2) is 42.5 Å². The Morgan fingerprint density at radius 3 is 3.00 bits per heavy atom. The van der Waals surface area contributed by atoms with Crippen LogP contribution in [-0.2, 0) is 0 Å². The van der Waals surface area contributed by atoms with E-state index in [-0.39, 0.29) is 5.56 Å². The summed E-state index contributed by atoms with van der Waals surface area (Å²) in [4.78, 5) is 0. The molecule has 3 rings (SSSR count). The van der Waals surface area contributed by atoms with Crippen molar-refractivity contribution >= 4 is 5.69 Å². The van der Waals surface area contributed by atoms with Gasteiger partial charge < -0.3 is 10.1 Å². The summed E-state index contributed by atoms with van der Waals surface area (Å²) in [7, 11) is 0. The van der Waals surface area contributed by atoms with Crippen molar-refractivity contribution in [2.75, 3.05) is 18.5 Å². The van der Waals surface area contributed by atoms with Crippen LogP contribution in [0.25, 0.3) is 0 Å². The number of nitrogens with zero attached hydrogens (tertiary/aromatic N) is 1. The average Bonchev–Trinajstić information content (AvgIpc) is 2.54. The summed E-state index contributed by atoms with van der Waals surface area (Å²) in [5.74, 6) is 0.803. The second kappa shape index (κ2) is 5.84. The molecule has 0 aromatic heterocycles. The first-order valence-corrected chi connectivity index (χ1v) is 6.93. The molecule has 0 amide bonds. The van der Waals surface area contributed by atoms with Crippen LogP contribution < -0.4 is 10.1 Å². The first-order chi connectivity index (χ1) is 10.3. The molecular weight excluding hydrogens is 267 g/mol. The van der Waals surface area contributed by atoms with Gasteiger partial charge in [0.05, 0.1) is 12.2 Å². The molecule has 0 saturated carbocycles. The number of anilines is 1. The lowest BCUT2D eigenvalue weighted by molar-refractivity contribution is 0.270. The molecule has 0 radical (unpaired) electrons. The third-order valence-corrected chi connectivity index (χ3v) is 3.72. The average molecular weight is 282 g/mol. The molecule has 4 heteroatoms. The minimum atomic E-state index is -0.487. The van der Waals surface area contributed by atoms with Gasteiger partial charge in [0, 0.05) is 18.2 Å². The molecule has 3 nitrogen and oxygen atoms in total. The zero-order chi connectivity index (χ0) is 14.7. The number of ether oxygens (including phenoxy) is 1. The van der Waals surface area contributed by atoms with Gasteiger partial charge in [0.15, 0.2) is 0 Å². The zero-order valence-corrected chi connectivity index (χ0v) is 11.5. The Kier molecular flexibility index (Phi) is 3.74. The van der Waals surface area contributed by atoms with E-state index in [0.29, 0.717) is 12.5 Å². The molecule has 1 heterocycles. The Balaban J connectivity index is 1.73. The molecule has 0 fully saturated rings. The molecule has 2 aromatic rings. The van der Waals surface area contributed by atoms with Crippen LogP contribution >= 0.6 is 0 Å². The minimum Gasteiger partial charge on any atom is -0.493 e. The lowest BCUT2D eigenvalue weighted by Crippen LogP contribution is -2.20. The smallest absolute Gasteiger partial charge is 0.141 e. The fraction of sp³-hybridized carbons (Fsp3) is 0.235. The van der Waals surface area contributed by atoms with Crippen molar-refractivity contribution in [2.45, 2.75) is 12.3 Å². The molecule has 0 saturated heterocycles. The fourth-order valence-corrected chi connectivity index (χ4v) is 2.59. The van der Waals surface area contributed by atoms with Crippen LogP contribution in [-0.4, -0.2) is 13.2 Å². The van der Waals surface area contributed by atoms with E-state index in [1.165, 1.54) is 11.6 Å². The second-order valence-electron chi connectivity index (χ2n) is 5.06. The Bertz CT molecular complexity index is 693. The van der Waals surface area contributed by atoms with Crippen molar-refractivity contribution in [3.05, 3.63) is 59.4 Å². The van der Waals surface area contributed by atoms with Crippen molar-refractivity contribution in [3.63, 3.8) is 0 Å². The van der Waals surface area contributed by atoms with Gasteiger partial charge in [-0.3, -0.25) is 0 Å². The monoisotopic (exact) mass is 282 g/mol. The maximum Gasteiger partial charge on any atom is 0.141 e. The lowest BCUT2D eigenvalue weighted by Gasteiger charge is -2.26. The molecule has 1 aliphatic heterocycles. The minimum absolute atomic E-state index is 0.0624. The largest absolute Gasteiger partial charge is 0.493 e. The Morgan fingerprint density at radius 2 is 2.14 bits per heavy atom. The standard InChI is InChI=1S/C17H15FN2O/c18-16-6-5-14(9-13(16)10-19)20-11-12-7-8-21-17-4-2-1-3-15(12)17/h1-6,9,12,20H,7-8,11H2. The number of benzene rings is 2. The summed E-state index contributed by atoms with van der Waals surface area (Å²) in [6, 6.07) is 14.4. The number of nitrogens with one attached hydrogen (secondary N) is 1. The Labute approximate surface area is 123 Å². The van der Waals surface area contributed by atoms with E-state index in [4.69, 9.17) is 10.00 Å². The quantitative estimate of drug-likeness (QED) is 0.934. The number of hydrogen-bond acceptors (Lipinski definition) is 3. The van der Waals surface area contributed by atoms with Crippen LogP contribution in [0.4, 0.5) is 10.1 Å². The van der Waals surface area contributed by atoms with Gasteiger partial charge in [0.2, 0.25) is 0 Å². The third-order valence-electron chi connectivity index (χ3n) is 3.72. The van der Waals surface area contributed by atoms with E-state index in [1.807, 2.05) is 24.3 Å². The molecule has 1 N–H and O–H groups in total. The maximum absolute atomic E-state index is 13.3. The fourth-order valence-electron chi connectivity index (χ4n) is 2.59. The van der Waals surface area contributed by atoms with Crippen LogP contribution in [0, 0.1) is 17.1 Å². The Morgan fingerprint density at radius 1 is 1.29 bits per heavy atom. The van der Waals surface area contributed by atoms with E-state index in [2.05, 4.69) is 11.4 Å². The highest BCUT2D eigenvalue weighted by Crippen LogP contribution is 2.33. The zero-order valence-electron chi connectivity index (χ0n) is 11.5. The van der Waals surface area contributed by atoms with Gasteiger partial charge in [0.1, 0.15) is 17.6 Å². The molecule has 106 valence electrons. The van der Waals surface area contributed by atoms with Crippen molar-refractivity contribution < 1.29 is 9.13 Å². The lowest BCUT2D eigenvalue weighted by atomic mass is 9.93. The number of fused-ring (bicyclic) bond motifs is 1. The summed E-state index contributed by atoms with van der Waals surface area (Å²) < 4.78 is 18.9. The summed E-state index contributed by atoms with van der Waals surface area (Å²) >= 11 is 0. The van der Waals surface area contributed by atoms with E-state index in [9.17, 15) is 4.39 Å². The number of para-hydroxylation sites is 1. The summed E-state index contributed by atoms with van der Waals surface area (Å²) in [6.45, 7) is 1.44. The van der Waals surface area contributed by atoms with Crippen molar-refractivity contribution in [1.29, 1.82) is 5.26 Å². The van der Waals surface area contributed by atoms with Gasteiger partial charge in [0.25, 0.3) is 0 Å². The van der Waals surface area contributed by atoms with Gasteiger partial charge in [-0.2, -0.15) is 5.26 Å². The highest BCUT2D eigenvalue weighted by Gasteiger charge is 2.20. The summed E-state index contributed by atoms with van der Waals surface area (Å²) in [5, 5.41) is 12.1. The van der Waals surface area contributed by atoms with E-state index >= 15 is 0 Å². The van der Waals surface area contributed by atoms with Crippen LogP contribution in [0.5, 0.6) is 5.75 Å². The van der Waals surface area contributed by atoms with Gasteiger partial charge in [-0.15, -0.1) is 0 Å². The van der Waals surface area contributed by atoms with Crippen LogP contribution in [0.1, 0.15) is 23.5 Å². The third kappa shape index (κ3) is 2.82. The summed E-state index contributed by atoms with van der Waals surface area (Å²) in [6.07, 6.45) is 0.941. The summed E-state index contributed by atoms with van der Waals surface area (Å²) in [5.41, 5.74) is 2.02. The normalized spacial score (nSPS) is 16.5. The van der Waals surface area contributed by atoms with Crippen molar-refractivity contribution in [2.24, 2.45) is 0 Å². The highest BCUT2D eigenvalue weighted by atomic mass is 19.1. The van der Waals surface area contributed by atoms with E-state index < -0.39 is 5.82 Å². The Hall–Kier alpha value is -2.54. The predicted octanol–water partition coefficient (Wildman–Crippen LogP) is 3.68. The van der Waals surface area contributed by atoms with E-state index in [0.717, 1.165) is 24.4 Å². The number of halogens is 1. The predicted molar refractivity (Wildman–Crippen MR) is 78.9 cm³/mol. The topological polar surface area (TPSA) is 45.0 Å². The van der Waals surface area contributed by atoms with Crippen LogP contribution in [0.3, 0.4) is 0 Å². The maximum atomic E-state index is 13.3. The first kappa shape index (κ1) is 13.4. The van der Waals surface area contributed by atoms with Crippen molar-refractivity contribution in [3.8, 4) is 11.8 Å². The molecule has 0 spiro atoms. The van der Waals surface area contributed by atoms with Gasteiger partial charge >= 0.3 is 0 Å². The molecule has 0 aliphatic carbocycles. The SMILES string of the molecule is N#Cc1cc(NCC2CCOc3ccccc32)ccc1F. The molecule has 21 heavy (non-hydrogen) atoms. The number of hydrogen-bond donors (Lipinski definition) is 1. The molecule has 1 aliphatic rings. The molecule has 1 atom stereocenters. The van der Waals surface area contributed by atoms with Gasteiger partial charge in [-0.05, 0) is 36.2 Å². The molecule has 2 aromatic carbocycles. The first-order valence-electron chi connectivity index (χ1n) is 6.93. The highest BCUT2D eigenvalue weighted by molar-refractivity contribution is 5.50. The van der Waals surface area contributed by atoms with Crippen molar-refractivity contribution in [1.82, 2.24) is 0 Å². The number of nitriles is 1. The molecule has 0 bridgehead atoms.